The third kappa shape index (κ3) is 20.5. The van der Waals surface area contributed by atoms with Crippen LogP contribution in [0.5, 0.6) is 0 Å². The zero-order chi connectivity index (χ0) is 16.1. The highest BCUT2D eigenvalue weighted by molar-refractivity contribution is 8.76. The van der Waals surface area contributed by atoms with E-state index in [1.807, 2.05) is 21.6 Å². The van der Waals surface area contributed by atoms with Crippen LogP contribution >= 0.6 is 21.6 Å². The van der Waals surface area contributed by atoms with E-state index in [1.165, 1.54) is 0 Å². The lowest BCUT2D eigenvalue weighted by molar-refractivity contribution is 0.0335. The monoisotopic (exact) mass is 358 g/mol. The maximum absolute atomic E-state index is 8.51. The van der Waals surface area contributed by atoms with Gasteiger partial charge in [0, 0.05) is 24.7 Å². The molecule has 0 unspecified atom stereocenters. The summed E-state index contributed by atoms with van der Waals surface area (Å²) in [7, 11) is 3.73. The van der Waals surface area contributed by atoms with E-state index in [4.69, 9.17) is 29.2 Å². The largest absolute Gasteiger partial charge is 0.394 e. The number of hydrogen-bond acceptors (Lipinski definition) is 8. The molecule has 0 fully saturated rings. The van der Waals surface area contributed by atoms with Crippen molar-refractivity contribution in [3.8, 4) is 0 Å². The maximum Gasteiger partial charge on any atom is 0.0701 e. The molecule has 0 heterocycles. The minimum absolute atomic E-state index is 0.0659. The Morgan fingerprint density at radius 1 is 0.500 bits per heavy atom. The van der Waals surface area contributed by atoms with Crippen molar-refractivity contribution < 1.29 is 29.2 Å². The summed E-state index contributed by atoms with van der Waals surface area (Å²) in [4.78, 5) is 0. The van der Waals surface area contributed by atoms with Crippen LogP contribution in [0.1, 0.15) is 12.8 Å². The quantitative estimate of drug-likeness (QED) is 0.263. The van der Waals surface area contributed by atoms with Gasteiger partial charge in [0.05, 0.1) is 52.9 Å². The van der Waals surface area contributed by atoms with Crippen LogP contribution in [-0.2, 0) is 18.9 Å². The number of aliphatic hydroxyl groups is 2. The zero-order valence-electron chi connectivity index (χ0n) is 13.2. The summed E-state index contributed by atoms with van der Waals surface area (Å²) < 4.78 is 21.0. The van der Waals surface area contributed by atoms with Crippen molar-refractivity contribution in [3.63, 3.8) is 0 Å². The Morgan fingerprint density at radius 3 is 1.23 bits per heavy atom. The van der Waals surface area contributed by atoms with Crippen LogP contribution in [-0.4, -0.2) is 87.8 Å². The van der Waals surface area contributed by atoms with Gasteiger partial charge in [-0.2, -0.15) is 0 Å². The molecule has 134 valence electrons. The molecule has 0 aromatic carbocycles. The van der Waals surface area contributed by atoms with Crippen LogP contribution in [0.3, 0.4) is 0 Å². The Kier molecular flexibility index (Phi) is 21.9. The lowest BCUT2D eigenvalue weighted by Gasteiger charge is -2.05. The van der Waals surface area contributed by atoms with Crippen LogP contribution in [0.4, 0.5) is 0 Å². The van der Waals surface area contributed by atoms with Crippen molar-refractivity contribution >= 4 is 21.6 Å². The van der Waals surface area contributed by atoms with E-state index < -0.39 is 0 Å². The first-order valence-corrected chi connectivity index (χ1v) is 10.2. The van der Waals surface area contributed by atoms with Gasteiger partial charge in [-0.1, -0.05) is 21.6 Å². The molecule has 0 aliphatic rings. The molecule has 6 nitrogen and oxygen atoms in total. The molecular formula is C14H30O6S2. The summed E-state index contributed by atoms with van der Waals surface area (Å²) in [6.45, 7) is 4.70. The third-order valence-electron chi connectivity index (χ3n) is 2.33. The molecule has 0 rings (SSSR count). The van der Waals surface area contributed by atoms with Gasteiger partial charge in [0.2, 0.25) is 0 Å². The summed E-state index contributed by atoms with van der Waals surface area (Å²) in [5, 5.41) is 17.0. The second-order valence-electron chi connectivity index (χ2n) is 4.25. The second kappa shape index (κ2) is 21.5. The topological polar surface area (TPSA) is 77.4 Å². The molecule has 0 aliphatic heterocycles. The average Bonchev–Trinajstić information content (AvgIpc) is 2.54. The van der Waals surface area contributed by atoms with Gasteiger partial charge in [-0.15, -0.1) is 0 Å². The standard InChI is InChI=1S/C14H30O6S2/c15-3-7-19-11-9-17-5-1-13-21-22-14-2-6-18-10-12-20-8-4-16/h15-16H,1-14H2. The predicted octanol–water partition coefficient (Wildman–Crippen LogP) is 1.20. The van der Waals surface area contributed by atoms with Gasteiger partial charge in [-0.05, 0) is 12.8 Å². The second-order valence-corrected chi connectivity index (χ2v) is 6.95. The maximum atomic E-state index is 8.51. The molecule has 0 bridgehead atoms. The van der Waals surface area contributed by atoms with E-state index >= 15 is 0 Å². The minimum Gasteiger partial charge on any atom is -0.394 e. The molecule has 0 aliphatic carbocycles. The highest BCUT2D eigenvalue weighted by Gasteiger charge is 1.94. The lowest BCUT2D eigenvalue weighted by atomic mass is 10.5. The fourth-order valence-electron chi connectivity index (χ4n) is 1.33. The Bertz CT molecular complexity index is 180. The summed E-state index contributed by atoms with van der Waals surface area (Å²) in [6, 6.07) is 0. The Morgan fingerprint density at radius 2 is 0.864 bits per heavy atom. The molecule has 0 saturated heterocycles. The summed E-state index contributed by atoms with van der Waals surface area (Å²) >= 11 is 0. The average molecular weight is 359 g/mol. The van der Waals surface area contributed by atoms with Crippen molar-refractivity contribution in [3.05, 3.63) is 0 Å². The molecule has 8 heteroatoms. The molecule has 0 amide bonds. The van der Waals surface area contributed by atoms with Crippen LogP contribution in [0.15, 0.2) is 0 Å². The van der Waals surface area contributed by atoms with E-state index in [1.54, 1.807) is 0 Å². The van der Waals surface area contributed by atoms with Crippen LogP contribution in [0.25, 0.3) is 0 Å². The number of hydrogen-bond donors (Lipinski definition) is 2. The molecule has 0 radical (unpaired) electrons. The van der Waals surface area contributed by atoms with Crippen molar-refractivity contribution in [2.24, 2.45) is 0 Å². The fraction of sp³-hybridized carbons (Fsp3) is 1.00. The van der Waals surface area contributed by atoms with Crippen LogP contribution in [0, 0.1) is 0 Å². The van der Waals surface area contributed by atoms with Crippen LogP contribution < -0.4 is 0 Å². The molecule has 0 aromatic heterocycles. The molecule has 0 atom stereocenters. The van der Waals surface area contributed by atoms with E-state index in [0.717, 1.165) is 37.6 Å². The first-order chi connectivity index (χ1) is 10.9. The molecule has 0 spiro atoms. The van der Waals surface area contributed by atoms with Crippen molar-refractivity contribution in [2.75, 3.05) is 77.6 Å². The smallest absolute Gasteiger partial charge is 0.0701 e. The summed E-state index contributed by atoms with van der Waals surface area (Å²) in [5.41, 5.74) is 0. The molecule has 0 saturated carbocycles. The predicted molar refractivity (Wildman–Crippen MR) is 91.6 cm³/mol. The number of aliphatic hydroxyl groups excluding tert-OH is 2. The van der Waals surface area contributed by atoms with Gasteiger partial charge < -0.3 is 29.2 Å². The highest BCUT2D eigenvalue weighted by Crippen LogP contribution is 2.22. The Labute approximate surface area is 141 Å². The normalized spacial score (nSPS) is 11.2. The minimum atomic E-state index is 0.0659. The van der Waals surface area contributed by atoms with Gasteiger partial charge in [0.1, 0.15) is 0 Å². The summed E-state index contributed by atoms with van der Waals surface area (Å²) in [6.07, 6.45) is 2.08. The van der Waals surface area contributed by atoms with Crippen molar-refractivity contribution in [2.45, 2.75) is 12.8 Å². The molecule has 0 aromatic rings. The van der Waals surface area contributed by atoms with E-state index in [0.29, 0.717) is 39.6 Å². The summed E-state index contributed by atoms with van der Waals surface area (Å²) in [5.74, 6) is 2.16. The highest BCUT2D eigenvalue weighted by atomic mass is 33.1. The number of ether oxygens (including phenoxy) is 4. The first-order valence-electron chi connectivity index (χ1n) is 7.69. The van der Waals surface area contributed by atoms with Crippen LogP contribution in [0.2, 0.25) is 0 Å². The Balaban J connectivity index is 2.91. The van der Waals surface area contributed by atoms with Crippen molar-refractivity contribution in [1.82, 2.24) is 0 Å². The van der Waals surface area contributed by atoms with E-state index in [9.17, 15) is 0 Å². The number of rotatable bonds is 19. The fourth-order valence-corrected chi connectivity index (χ4v) is 3.45. The van der Waals surface area contributed by atoms with Crippen molar-refractivity contribution in [1.29, 1.82) is 0 Å². The van der Waals surface area contributed by atoms with E-state index in [2.05, 4.69) is 0 Å². The Hall–Kier alpha value is 0.460. The molecule has 22 heavy (non-hydrogen) atoms. The van der Waals surface area contributed by atoms with Gasteiger partial charge in [-0.3, -0.25) is 0 Å². The SMILES string of the molecule is OCCOCCOCCCSSCCCOCCOCCO. The lowest BCUT2D eigenvalue weighted by Crippen LogP contribution is -2.08. The zero-order valence-corrected chi connectivity index (χ0v) is 14.9. The first kappa shape index (κ1) is 22.5. The van der Waals surface area contributed by atoms with E-state index in [-0.39, 0.29) is 13.2 Å². The third-order valence-corrected chi connectivity index (χ3v) is 4.91. The van der Waals surface area contributed by atoms with Gasteiger partial charge in [0.15, 0.2) is 0 Å². The van der Waals surface area contributed by atoms with Gasteiger partial charge in [-0.25, -0.2) is 0 Å². The van der Waals surface area contributed by atoms with Gasteiger partial charge >= 0.3 is 0 Å². The van der Waals surface area contributed by atoms with Gasteiger partial charge in [0.25, 0.3) is 0 Å². The molecule has 2 N–H and O–H groups in total. The molecular weight excluding hydrogens is 328 g/mol.